The fourth-order valence-electron chi connectivity index (χ4n) is 3.23. The Morgan fingerprint density at radius 3 is 2.23 bits per heavy atom. The highest BCUT2D eigenvalue weighted by atomic mass is 32.2. The Morgan fingerprint density at radius 2 is 1.70 bits per heavy atom. The van der Waals surface area contributed by atoms with Crippen LogP contribution < -0.4 is 14.4 Å². The molecule has 0 spiro atoms. The molecule has 1 amide bonds. The number of carbonyl (C=O) groups excluding carboxylic acids is 1. The maximum Gasteiger partial charge on any atom is 0.232 e. The molecule has 1 atom stereocenters. The number of nitrogens with one attached hydrogen (secondary N) is 1. The van der Waals surface area contributed by atoms with Gasteiger partial charge < -0.3 is 10.1 Å². The Labute approximate surface area is 180 Å². The van der Waals surface area contributed by atoms with E-state index in [9.17, 15) is 13.2 Å². The van der Waals surface area contributed by atoms with Crippen molar-refractivity contribution in [3.63, 3.8) is 0 Å². The minimum absolute atomic E-state index is 0.0461. The zero-order valence-electron chi connectivity index (χ0n) is 18.2. The van der Waals surface area contributed by atoms with Crippen LogP contribution in [0.3, 0.4) is 0 Å². The third-order valence-electron chi connectivity index (χ3n) is 4.82. The van der Waals surface area contributed by atoms with Crippen molar-refractivity contribution < 1.29 is 17.9 Å². The van der Waals surface area contributed by atoms with E-state index in [1.165, 1.54) is 16.1 Å². The molecule has 0 heterocycles. The molecular formula is C23H32N2O4S. The Kier molecular flexibility index (Phi) is 8.72. The average molecular weight is 433 g/mol. The quantitative estimate of drug-likeness (QED) is 0.577. The number of anilines is 1. The molecule has 0 fully saturated rings. The molecule has 6 nitrogen and oxygen atoms in total. The molecule has 2 aromatic rings. The maximum absolute atomic E-state index is 12.4. The molecule has 0 saturated heterocycles. The van der Waals surface area contributed by atoms with E-state index < -0.39 is 10.0 Å². The van der Waals surface area contributed by atoms with E-state index in [4.69, 9.17) is 4.74 Å². The Bertz CT molecular complexity index is 909. The van der Waals surface area contributed by atoms with Crippen LogP contribution in [0.15, 0.2) is 48.5 Å². The maximum atomic E-state index is 12.4. The molecule has 0 aromatic heterocycles. The minimum Gasteiger partial charge on any atom is -0.494 e. The molecule has 0 aliphatic heterocycles. The third-order valence-corrected chi connectivity index (χ3v) is 6.02. The van der Waals surface area contributed by atoms with Gasteiger partial charge in [-0.3, -0.25) is 9.10 Å². The largest absolute Gasteiger partial charge is 0.494 e. The van der Waals surface area contributed by atoms with Gasteiger partial charge in [0, 0.05) is 13.0 Å². The second kappa shape index (κ2) is 11.0. The summed E-state index contributed by atoms with van der Waals surface area (Å²) in [4.78, 5) is 12.4. The van der Waals surface area contributed by atoms with Crippen molar-refractivity contribution >= 4 is 21.6 Å². The summed E-state index contributed by atoms with van der Waals surface area (Å²) in [5.41, 5.74) is 2.81. The summed E-state index contributed by atoms with van der Waals surface area (Å²) in [6.07, 6.45) is 2.65. The highest BCUT2D eigenvalue weighted by Crippen LogP contribution is 2.22. The van der Waals surface area contributed by atoms with E-state index in [1.54, 1.807) is 24.3 Å². The van der Waals surface area contributed by atoms with Gasteiger partial charge in [0.25, 0.3) is 0 Å². The van der Waals surface area contributed by atoms with Gasteiger partial charge in [-0.05, 0) is 56.5 Å². The molecule has 1 N–H and O–H groups in total. The summed E-state index contributed by atoms with van der Waals surface area (Å²) in [5, 5.41) is 3.05. The number of rotatable bonds is 11. The van der Waals surface area contributed by atoms with Crippen molar-refractivity contribution in [3.05, 3.63) is 59.7 Å². The van der Waals surface area contributed by atoms with Crippen LogP contribution in [0.4, 0.5) is 5.69 Å². The molecule has 0 saturated carbocycles. The van der Waals surface area contributed by atoms with E-state index in [2.05, 4.69) is 5.32 Å². The molecule has 0 aliphatic rings. The van der Waals surface area contributed by atoms with E-state index in [0.717, 1.165) is 12.0 Å². The molecule has 2 rings (SSSR count). The highest BCUT2D eigenvalue weighted by Gasteiger charge is 2.18. The first kappa shape index (κ1) is 23.7. The van der Waals surface area contributed by atoms with Crippen molar-refractivity contribution in [1.29, 1.82) is 0 Å². The molecule has 0 bridgehead atoms. The molecule has 1 unspecified atom stereocenters. The first-order valence-electron chi connectivity index (χ1n) is 10.3. The summed E-state index contributed by atoms with van der Waals surface area (Å²) >= 11 is 0. The Morgan fingerprint density at radius 1 is 1.07 bits per heavy atom. The van der Waals surface area contributed by atoms with Crippen molar-refractivity contribution in [2.45, 2.75) is 46.1 Å². The van der Waals surface area contributed by atoms with E-state index in [-0.39, 0.29) is 24.9 Å². The van der Waals surface area contributed by atoms with Gasteiger partial charge in [0.05, 0.1) is 24.6 Å². The zero-order chi connectivity index (χ0) is 22.1. The summed E-state index contributed by atoms with van der Waals surface area (Å²) in [6.45, 7) is 6.74. The van der Waals surface area contributed by atoms with Gasteiger partial charge in [0.2, 0.25) is 15.9 Å². The monoisotopic (exact) mass is 432 g/mol. The van der Waals surface area contributed by atoms with Gasteiger partial charge in [0.15, 0.2) is 0 Å². The van der Waals surface area contributed by atoms with Crippen molar-refractivity contribution in [1.82, 2.24) is 5.32 Å². The SMILES string of the molecule is CCOc1ccc(N(CCCC(=O)NC(CC)c2ccc(C)cc2)S(C)(=O)=O)cc1. The third kappa shape index (κ3) is 7.06. The standard InChI is InChI=1S/C23H32N2O4S/c1-5-22(19-11-9-18(3)10-12-19)24-23(26)8-7-17-25(30(4,27)28)20-13-15-21(16-14-20)29-6-2/h9-16,22H,5-8,17H2,1-4H3,(H,24,26). The summed E-state index contributed by atoms with van der Waals surface area (Å²) in [5.74, 6) is 0.610. The van der Waals surface area contributed by atoms with E-state index >= 15 is 0 Å². The van der Waals surface area contributed by atoms with Gasteiger partial charge in [-0.2, -0.15) is 0 Å². The number of amides is 1. The summed E-state index contributed by atoms with van der Waals surface area (Å²) in [7, 11) is -3.46. The number of carbonyl (C=O) groups is 1. The minimum atomic E-state index is -3.46. The molecule has 164 valence electrons. The highest BCUT2D eigenvalue weighted by molar-refractivity contribution is 7.92. The lowest BCUT2D eigenvalue weighted by Crippen LogP contribution is -2.33. The number of hydrogen-bond acceptors (Lipinski definition) is 4. The lowest BCUT2D eigenvalue weighted by molar-refractivity contribution is -0.121. The van der Waals surface area contributed by atoms with Crippen LogP contribution in [0.2, 0.25) is 0 Å². The van der Waals surface area contributed by atoms with Gasteiger partial charge in [-0.15, -0.1) is 0 Å². The van der Waals surface area contributed by atoms with Crippen molar-refractivity contribution in [2.75, 3.05) is 23.7 Å². The lowest BCUT2D eigenvalue weighted by Gasteiger charge is -2.23. The zero-order valence-corrected chi connectivity index (χ0v) is 19.0. The van der Waals surface area contributed by atoms with Crippen molar-refractivity contribution in [3.8, 4) is 5.75 Å². The molecule has 7 heteroatoms. The number of aryl methyl sites for hydroxylation is 1. The van der Waals surface area contributed by atoms with Gasteiger partial charge in [-0.1, -0.05) is 36.8 Å². The smallest absolute Gasteiger partial charge is 0.232 e. The molecule has 0 aliphatic carbocycles. The van der Waals surface area contributed by atoms with Crippen LogP contribution in [0, 0.1) is 6.92 Å². The lowest BCUT2D eigenvalue weighted by atomic mass is 10.0. The number of benzene rings is 2. The van der Waals surface area contributed by atoms with Crippen LogP contribution in [-0.4, -0.2) is 33.7 Å². The van der Waals surface area contributed by atoms with Crippen LogP contribution >= 0.6 is 0 Å². The second-order valence-corrected chi connectivity index (χ2v) is 9.21. The normalized spacial score (nSPS) is 12.3. The van der Waals surface area contributed by atoms with Crippen LogP contribution in [0.1, 0.15) is 50.3 Å². The summed E-state index contributed by atoms with van der Waals surface area (Å²) in [6, 6.07) is 15.0. The molecular weight excluding hydrogens is 400 g/mol. The van der Waals surface area contributed by atoms with Crippen LogP contribution in [-0.2, 0) is 14.8 Å². The topological polar surface area (TPSA) is 75.7 Å². The average Bonchev–Trinajstić information content (AvgIpc) is 2.70. The van der Waals surface area contributed by atoms with Gasteiger partial charge in [0.1, 0.15) is 5.75 Å². The molecule has 2 aromatic carbocycles. The van der Waals surface area contributed by atoms with Crippen molar-refractivity contribution in [2.24, 2.45) is 0 Å². The number of sulfonamides is 1. The van der Waals surface area contributed by atoms with E-state index in [1.807, 2.05) is 45.0 Å². The number of ether oxygens (including phenoxy) is 1. The predicted octanol–water partition coefficient (Wildman–Crippen LogP) is 4.21. The summed E-state index contributed by atoms with van der Waals surface area (Å²) < 4.78 is 31.2. The van der Waals surface area contributed by atoms with Gasteiger partial charge in [-0.25, -0.2) is 8.42 Å². The predicted molar refractivity (Wildman–Crippen MR) is 121 cm³/mol. The molecule has 0 radical (unpaired) electrons. The van der Waals surface area contributed by atoms with Crippen LogP contribution in [0.25, 0.3) is 0 Å². The fraction of sp³-hybridized carbons (Fsp3) is 0.435. The molecule has 30 heavy (non-hydrogen) atoms. The van der Waals surface area contributed by atoms with Gasteiger partial charge >= 0.3 is 0 Å². The number of nitrogens with zero attached hydrogens (tertiary/aromatic N) is 1. The first-order chi connectivity index (χ1) is 14.2. The van der Waals surface area contributed by atoms with E-state index in [0.29, 0.717) is 24.5 Å². The number of hydrogen-bond donors (Lipinski definition) is 1. The Hall–Kier alpha value is -2.54. The van der Waals surface area contributed by atoms with Crippen LogP contribution in [0.5, 0.6) is 5.75 Å². The second-order valence-electron chi connectivity index (χ2n) is 7.30. The Balaban J connectivity index is 1.95. The first-order valence-corrected chi connectivity index (χ1v) is 12.2. The fourth-order valence-corrected chi connectivity index (χ4v) is 4.20.